The van der Waals surface area contributed by atoms with Crippen LogP contribution in [-0.4, -0.2) is 25.2 Å². The molecule has 0 bridgehead atoms. The molecule has 4 heteroatoms. The second-order valence-electron chi connectivity index (χ2n) is 12.0. The third kappa shape index (κ3) is 16.8. The Labute approximate surface area is 236 Å². The zero-order chi connectivity index (χ0) is 27.6. The van der Waals surface area contributed by atoms with E-state index in [1.807, 2.05) is 0 Å². The van der Waals surface area contributed by atoms with Gasteiger partial charge in [-0.05, 0) is 25.7 Å². The van der Waals surface area contributed by atoms with Crippen molar-refractivity contribution in [1.82, 2.24) is 0 Å². The van der Waals surface area contributed by atoms with Gasteiger partial charge in [-0.15, -0.1) is 0 Å². The second kappa shape index (κ2) is 24.9. The van der Waals surface area contributed by atoms with Gasteiger partial charge in [0.05, 0.1) is 13.2 Å². The number of unbranched alkanes of at least 4 members (excludes halogenated alkanes) is 20. The van der Waals surface area contributed by atoms with E-state index in [-0.39, 0.29) is 11.9 Å². The minimum Gasteiger partial charge on any atom is -0.465 e. The van der Waals surface area contributed by atoms with E-state index in [0.29, 0.717) is 26.1 Å². The lowest BCUT2D eigenvalue weighted by Gasteiger charge is -2.32. The summed E-state index contributed by atoms with van der Waals surface area (Å²) in [6, 6.07) is 0. The first-order valence-electron chi connectivity index (χ1n) is 17.0. The maximum absolute atomic E-state index is 13.0. The summed E-state index contributed by atoms with van der Waals surface area (Å²) in [6.45, 7) is 5.39. The number of esters is 2. The average molecular weight is 537 g/mol. The van der Waals surface area contributed by atoms with E-state index in [2.05, 4.69) is 13.8 Å². The van der Waals surface area contributed by atoms with Gasteiger partial charge in [0.25, 0.3) is 0 Å². The number of ether oxygens (including phenoxy) is 2. The van der Waals surface area contributed by atoms with E-state index in [1.54, 1.807) is 0 Å². The molecule has 0 heterocycles. The number of hydrogen-bond acceptors (Lipinski definition) is 4. The Bertz CT molecular complexity index is 511. The van der Waals surface area contributed by atoms with Gasteiger partial charge in [0.15, 0.2) is 5.41 Å². The van der Waals surface area contributed by atoms with Gasteiger partial charge in [-0.25, -0.2) is 0 Å². The topological polar surface area (TPSA) is 52.6 Å². The average Bonchev–Trinajstić information content (AvgIpc) is 2.94. The summed E-state index contributed by atoms with van der Waals surface area (Å²) in [4.78, 5) is 26.1. The summed E-state index contributed by atoms with van der Waals surface area (Å²) in [5.41, 5.74) is -1.05. The number of hydrogen-bond donors (Lipinski definition) is 0. The Balaban J connectivity index is 2.13. The Kier molecular flexibility index (Phi) is 23.0. The van der Waals surface area contributed by atoms with Gasteiger partial charge in [-0.1, -0.05) is 162 Å². The molecule has 0 radical (unpaired) electrons. The predicted molar refractivity (Wildman–Crippen MR) is 160 cm³/mol. The van der Waals surface area contributed by atoms with Crippen LogP contribution in [0.2, 0.25) is 0 Å². The van der Waals surface area contributed by atoms with Gasteiger partial charge >= 0.3 is 11.9 Å². The van der Waals surface area contributed by atoms with Crippen LogP contribution in [0.4, 0.5) is 0 Å². The van der Waals surface area contributed by atoms with Crippen molar-refractivity contribution in [2.24, 2.45) is 5.41 Å². The predicted octanol–water partition coefficient (Wildman–Crippen LogP) is 10.6. The van der Waals surface area contributed by atoms with E-state index >= 15 is 0 Å². The molecule has 1 saturated carbocycles. The van der Waals surface area contributed by atoms with Gasteiger partial charge in [-0.3, -0.25) is 9.59 Å². The van der Waals surface area contributed by atoms with Crippen LogP contribution in [0.25, 0.3) is 0 Å². The van der Waals surface area contributed by atoms with Gasteiger partial charge in [-0.2, -0.15) is 0 Å². The molecule has 0 aromatic heterocycles. The summed E-state index contributed by atoms with van der Waals surface area (Å²) < 4.78 is 11.3. The zero-order valence-corrected chi connectivity index (χ0v) is 25.6. The molecule has 0 amide bonds. The van der Waals surface area contributed by atoms with Crippen LogP contribution in [0.1, 0.15) is 187 Å². The molecule has 0 spiro atoms. The lowest BCUT2D eigenvalue weighted by molar-refractivity contribution is -0.175. The van der Waals surface area contributed by atoms with Crippen LogP contribution in [0.3, 0.4) is 0 Å². The molecule has 0 aromatic rings. The van der Waals surface area contributed by atoms with Gasteiger partial charge in [0, 0.05) is 0 Å². The highest BCUT2D eigenvalue weighted by atomic mass is 16.6. The lowest BCUT2D eigenvalue weighted by atomic mass is 9.74. The summed E-state index contributed by atoms with van der Waals surface area (Å²) in [6.07, 6.45) is 32.0. The van der Waals surface area contributed by atoms with Gasteiger partial charge in [0.2, 0.25) is 0 Å². The maximum Gasteiger partial charge on any atom is 0.323 e. The van der Waals surface area contributed by atoms with Crippen LogP contribution >= 0.6 is 0 Å². The van der Waals surface area contributed by atoms with E-state index in [4.69, 9.17) is 9.47 Å². The van der Waals surface area contributed by atoms with Gasteiger partial charge < -0.3 is 9.47 Å². The fourth-order valence-electron chi connectivity index (χ4n) is 5.79. The number of rotatable bonds is 26. The molecular weight excluding hydrogens is 472 g/mol. The van der Waals surface area contributed by atoms with Crippen molar-refractivity contribution in [3.05, 3.63) is 0 Å². The normalized spacial score (nSPS) is 14.9. The van der Waals surface area contributed by atoms with Crippen LogP contribution in [0.15, 0.2) is 0 Å². The van der Waals surface area contributed by atoms with E-state index in [1.165, 1.54) is 116 Å². The number of carbonyl (C=O) groups excluding carboxylic acids is 2. The third-order valence-electron chi connectivity index (χ3n) is 8.45. The first-order chi connectivity index (χ1) is 18.7. The first-order valence-corrected chi connectivity index (χ1v) is 17.0. The molecule has 38 heavy (non-hydrogen) atoms. The SMILES string of the molecule is CCCCCCCCCCCCCOC(=O)C1(C(=O)OCCCCCCCCCCCCC)CCCCC1. The highest BCUT2D eigenvalue weighted by Gasteiger charge is 2.49. The van der Waals surface area contributed by atoms with Crippen molar-refractivity contribution in [3.8, 4) is 0 Å². The molecule has 0 aromatic carbocycles. The molecule has 0 N–H and O–H groups in total. The molecule has 0 aliphatic heterocycles. The van der Waals surface area contributed by atoms with Crippen LogP contribution in [-0.2, 0) is 19.1 Å². The number of carbonyl (C=O) groups is 2. The van der Waals surface area contributed by atoms with Crippen LogP contribution in [0, 0.1) is 5.41 Å². The van der Waals surface area contributed by atoms with Crippen molar-refractivity contribution < 1.29 is 19.1 Å². The Hall–Kier alpha value is -1.06. The molecule has 1 aliphatic carbocycles. The van der Waals surface area contributed by atoms with Crippen molar-refractivity contribution in [3.63, 3.8) is 0 Å². The van der Waals surface area contributed by atoms with E-state index in [0.717, 1.165) is 44.9 Å². The fourth-order valence-corrected chi connectivity index (χ4v) is 5.79. The highest BCUT2D eigenvalue weighted by molar-refractivity contribution is 6.00. The van der Waals surface area contributed by atoms with Crippen molar-refractivity contribution in [1.29, 1.82) is 0 Å². The highest BCUT2D eigenvalue weighted by Crippen LogP contribution is 2.39. The fraction of sp³-hybridized carbons (Fsp3) is 0.941. The van der Waals surface area contributed by atoms with E-state index < -0.39 is 5.41 Å². The van der Waals surface area contributed by atoms with Crippen LogP contribution < -0.4 is 0 Å². The quantitative estimate of drug-likeness (QED) is 0.0626. The standard InChI is InChI=1S/C34H64O4/c1-3-5-7-9-11-13-15-17-19-21-26-30-37-32(35)34(28-24-23-25-29-34)33(36)38-31-27-22-20-18-16-14-12-10-8-6-4-2/h3-31H2,1-2H3. The molecule has 1 fully saturated rings. The Morgan fingerprint density at radius 2 is 0.737 bits per heavy atom. The first kappa shape index (κ1) is 35.0. The summed E-state index contributed by atoms with van der Waals surface area (Å²) in [5.74, 6) is -0.651. The van der Waals surface area contributed by atoms with Gasteiger partial charge in [0.1, 0.15) is 0 Å². The molecule has 1 aliphatic rings. The molecule has 224 valence electrons. The summed E-state index contributed by atoms with van der Waals surface area (Å²) in [5, 5.41) is 0. The maximum atomic E-state index is 13.0. The van der Waals surface area contributed by atoms with Crippen molar-refractivity contribution in [2.45, 2.75) is 187 Å². The molecule has 4 nitrogen and oxygen atoms in total. The molecule has 1 rings (SSSR count). The van der Waals surface area contributed by atoms with Crippen LogP contribution in [0.5, 0.6) is 0 Å². The monoisotopic (exact) mass is 536 g/mol. The van der Waals surface area contributed by atoms with E-state index in [9.17, 15) is 9.59 Å². The summed E-state index contributed by atoms with van der Waals surface area (Å²) >= 11 is 0. The summed E-state index contributed by atoms with van der Waals surface area (Å²) in [7, 11) is 0. The molecule has 0 saturated heterocycles. The Morgan fingerprint density at radius 3 is 1.05 bits per heavy atom. The van der Waals surface area contributed by atoms with Crippen molar-refractivity contribution in [2.75, 3.05) is 13.2 Å². The molecule has 0 unspecified atom stereocenters. The lowest BCUT2D eigenvalue weighted by Crippen LogP contribution is -2.43. The van der Waals surface area contributed by atoms with Crippen molar-refractivity contribution >= 4 is 11.9 Å². The Morgan fingerprint density at radius 1 is 0.447 bits per heavy atom. The molecule has 0 atom stereocenters. The molecular formula is C34H64O4. The zero-order valence-electron chi connectivity index (χ0n) is 25.6. The third-order valence-corrected chi connectivity index (χ3v) is 8.45. The minimum atomic E-state index is -1.05. The minimum absolute atomic E-state index is 0.326. The largest absolute Gasteiger partial charge is 0.465 e. The second-order valence-corrected chi connectivity index (χ2v) is 12.0. The smallest absolute Gasteiger partial charge is 0.323 e.